The van der Waals surface area contributed by atoms with E-state index in [2.05, 4.69) is 56.1 Å². The van der Waals surface area contributed by atoms with Gasteiger partial charge in [0.2, 0.25) is 0 Å². The second kappa shape index (κ2) is 9.94. The van der Waals surface area contributed by atoms with Crippen LogP contribution in [0.15, 0.2) is 104 Å². The average molecular weight is 556 g/mol. The van der Waals surface area contributed by atoms with Gasteiger partial charge in [-0.2, -0.15) is 0 Å². The Balaban J connectivity index is 1.39. The van der Waals surface area contributed by atoms with E-state index in [9.17, 15) is 0 Å². The largest absolute Gasteiger partial charge is 0.457 e. The van der Waals surface area contributed by atoms with Crippen molar-refractivity contribution in [2.24, 2.45) is 0 Å². The molecular formula is C26H20Br2O2S. The molecule has 0 aliphatic rings. The van der Waals surface area contributed by atoms with E-state index in [1.165, 1.54) is 0 Å². The molecule has 0 aromatic heterocycles. The Labute approximate surface area is 203 Å². The molecule has 0 atom stereocenters. The molecule has 0 saturated carbocycles. The van der Waals surface area contributed by atoms with Gasteiger partial charge in [0.15, 0.2) is 0 Å². The van der Waals surface area contributed by atoms with Crippen molar-refractivity contribution in [1.82, 2.24) is 0 Å². The van der Waals surface area contributed by atoms with Gasteiger partial charge in [-0.1, -0.05) is 43.6 Å². The second-order valence-corrected chi connectivity index (χ2v) is 10.0. The van der Waals surface area contributed by atoms with Gasteiger partial charge in [0.25, 0.3) is 0 Å². The van der Waals surface area contributed by atoms with Gasteiger partial charge in [-0.05, 0) is 110 Å². The number of hydrogen-bond donors (Lipinski definition) is 0. The first-order valence-corrected chi connectivity index (χ1v) is 12.1. The summed E-state index contributed by atoms with van der Waals surface area (Å²) in [6, 6.07) is 28.3. The molecule has 0 radical (unpaired) electrons. The van der Waals surface area contributed by atoms with E-state index in [1.807, 2.05) is 74.5 Å². The fourth-order valence-corrected chi connectivity index (χ4v) is 4.76. The number of rotatable bonds is 6. The minimum Gasteiger partial charge on any atom is -0.457 e. The molecule has 4 aromatic carbocycles. The molecule has 0 saturated heterocycles. The highest BCUT2D eigenvalue weighted by molar-refractivity contribution is 9.10. The molecule has 0 fully saturated rings. The molecule has 156 valence electrons. The van der Waals surface area contributed by atoms with Crippen molar-refractivity contribution in [2.75, 3.05) is 0 Å². The summed E-state index contributed by atoms with van der Waals surface area (Å²) in [7, 11) is 0. The van der Waals surface area contributed by atoms with Crippen molar-refractivity contribution in [3.05, 3.63) is 105 Å². The van der Waals surface area contributed by atoms with E-state index in [4.69, 9.17) is 9.47 Å². The normalized spacial score (nSPS) is 10.7. The molecular weight excluding hydrogens is 536 g/mol. The van der Waals surface area contributed by atoms with E-state index < -0.39 is 0 Å². The van der Waals surface area contributed by atoms with Crippen molar-refractivity contribution >= 4 is 43.6 Å². The quantitative estimate of drug-likeness (QED) is 0.236. The van der Waals surface area contributed by atoms with Gasteiger partial charge in [-0.3, -0.25) is 0 Å². The SMILES string of the molecule is Cc1cc(Br)ccc1Oc1ccc(Sc2ccc(Oc3ccc(Br)cc3C)cc2)cc1. The Bertz CT molecular complexity index is 1090. The van der Waals surface area contributed by atoms with Crippen LogP contribution < -0.4 is 9.47 Å². The lowest BCUT2D eigenvalue weighted by molar-refractivity contribution is 0.478. The Kier molecular flexibility index (Phi) is 7.06. The molecule has 4 rings (SSSR count). The van der Waals surface area contributed by atoms with Crippen LogP contribution in [-0.2, 0) is 0 Å². The van der Waals surface area contributed by atoms with Crippen LogP contribution in [-0.4, -0.2) is 0 Å². The summed E-state index contributed by atoms with van der Waals surface area (Å²) < 4.78 is 14.1. The number of hydrogen-bond acceptors (Lipinski definition) is 3. The maximum absolute atomic E-state index is 6.01. The molecule has 0 aliphatic carbocycles. The Morgan fingerprint density at radius 2 is 0.935 bits per heavy atom. The van der Waals surface area contributed by atoms with Crippen LogP contribution >= 0.6 is 43.6 Å². The number of ether oxygens (including phenoxy) is 2. The highest BCUT2D eigenvalue weighted by Crippen LogP contribution is 2.34. The van der Waals surface area contributed by atoms with E-state index in [0.29, 0.717) is 0 Å². The first-order valence-electron chi connectivity index (χ1n) is 9.72. The van der Waals surface area contributed by atoms with E-state index in [1.54, 1.807) is 11.8 Å². The highest BCUT2D eigenvalue weighted by atomic mass is 79.9. The lowest BCUT2D eigenvalue weighted by atomic mass is 10.2. The highest BCUT2D eigenvalue weighted by Gasteiger charge is 2.05. The third-order valence-electron chi connectivity index (χ3n) is 4.61. The molecule has 0 bridgehead atoms. The maximum Gasteiger partial charge on any atom is 0.130 e. The Morgan fingerprint density at radius 1 is 0.548 bits per heavy atom. The van der Waals surface area contributed by atoms with E-state index in [0.717, 1.165) is 52.9 Å². The maximum atomic E-state index is 6.01. The molecule has 0 N–H and O–H groups in total. The summed E-state index contributed by atoms with van der Waals surface area (Å²) >= 11 is 8.67. The summed E-state index contributed by atoms with van der Waals surface area (Å²) in [6.45, 7) is 4.07. The summed E-state index contributed by atoms with van der Waals surface area (Å²) in [6.07, 6.45) is 0. The summed E-state index contributed by atoms with van der Waals surface area (Å²) in [5.41, 5.74) is 2.18. The first kappa shape index (κ1) is 22.0. The molecule has 0 aliphatic heterocycles. The van der Waals surface area contributed by atoms with Gasteiger partial charge in [0.05, 0.1) is 0 Å². The molecule has 0 spiro atoms. The Morgan fingerprint density at radius 3 is 1.29 bits per heavy atom. The third kappa shape index (κ3) is 5.94. The minimum absolute atomic E-state index is 0.823. The summed E-state index contributed by atoms with van der Waals surface area (Å²) in [5, 5.41) is 0. The van der Waals surface area contributed by atoms with Gasteiger partial charge in [0.1, 0.15) is 23.0 Å². The number of benzene rings is 4. The zero-order chi connectivity index (χ0) is 21.8. The molecule has 2 nitrogen and oxygen atoms in total. The molecule has 0 amide bonds. The van der Waals surface area contributed by atoms with Gasteiger partial charge in [0, 0.05) is 18.7 Å². The van der Waals surface area contributed by atoms with Gasteiger partial charge in [-0.15, -0.1) is 0 Å². The predicted octanol–water partition coefficient (Wildman–Crippen LogP) is 9.56. The van der Waals surface area contributed by atoms with Crippen LogP contribution in [0.3, 0.4) is 0 Å². The number of aryl methyl sites for hydroxylation is 2. The van der Waals surface area contributed by atoms with Crippen molar-refractivity contribution in [1.29, 1.82) is 0 Å². The van der Waals surface area contributed by atoms with Gasteiger partial charge >= 0.3 is 0 Å². The van der Waals surface area contributed by atoms with Gasteiger partial charge in [-0.25, -0.2) is 0 Å². The summed E-state index contributed by atoms with van der Waals surface area (Å²) in [5.74, 6) is 3.37. The van der Waals surface area contributed by atoms with Crippen molar-refractivity contribution in [2.45, 2.75) is 23.6 Å². The molecule has 31 heavy (non-hydrogen) atoms. The second-order valence-electron chi connectivity index (χ2n) is 7.07. The lowest BCUT2D eigenvalue weighted by Gasteiger charge is -2.10. The Hall–Kier alpha value is -2.21. The van der Waals surface area contributed by atoms with Crippen LogP contribution in [0, 0.1) is 13.8 Å². The third-order valence-corrected chi connectivity index (χ3v) is 6.61. The summed E-state index contributed by atoms with van der Waals surface area (Å²) in [4.78, 5) is 2.30. The van der Waals surface area contributed by atoms with Crippen LogP contribution in [0.2, 0.25) is 0 Å². The number of halogens is 2. The standard InChI is InChI=1S/C26H20Br2O2S/c1-17-15-19(27)3-13-25(17)29-21-5-9-23(10-6-21)31-24-11-7-22(8-12-24)30-26-14-4-20(28)16-18(26)2/h3-16H,1-2H3. The van der Waals surface area contributed by atoms with Crippen molar-refractivity contribution in [3.63, 3.8) is 0 Å². The zero-order valence-electron chi connectivity index (χ0n) is 17.1. The van der Waals surface area contributed by atoms with Crippen molar-refractivity contribution < 1.29 is 9.47 Å². The average Bonchev–Trinajstić information content (AvgIpc) is 2.75. The fraction of sp³-hybridized carbons (Fsp3) is 0.0769. The fourth-order valence-electron chi connectivity index (χ4n) is 3.00. The first-order chi connectivity index (χ1) is 15.0. The molecule has 5 heteroatoms. The van der Waals surface area contributed by atoms with Crippen LogP contribution in [0.1, 0.15) is 11.1 Å². The topological polar surface area (TPSA) is 18.5 Å². The van der Waals surface area contributed by atoms with E-state index in [-0.39, 0.29) is 0 Å². The smallest absolute Gasteiger partial charge is 0.130 e. The molecule has 0 heterocycles. The monoisotopic (exact) mass is 554 g/mol. The van der Waals surface area contributed by atoms with Crippen LogP contribution in [0.25, 0.3) is 0 Å². The van der Waals surface area contributed by atoms with Crippen LogP contribution in [0.5, 0.6) is 23.0 Å². The zero-order valence-corrected chi connectivity index (χ0v) is 21.1. The minimum atomic E-state index is 0.823. The van der Waals surface area contributed by atoms with Crippen LogP contribution in [0.4, 0.5) is 0 Å². The predicted molar refractivity (Wildman–Crippen MR) is 135 cm³/mol. The molecule has 0 unspecified atom stereocenters. The lowest BCUT2D eigenvalue weighted by Crippen LogP contribution is -1.88. The molecule has 4 aromatic rings. The van der Waals surface area contributed by atoms with Crippen molar-refractivity contribution in [3.8, 4) is 23.0 Å². The van der Waals surface area contributed by atoms with E-state index >= 15 is 0 Å². The van der Waals surface area contributed by atoms with Gasteiger partial charge < -0.3 is 9.47 Å².